The Kier molecular flexibility index (Phi) is 4.05. The molecule has 2 aliphatic heterocycles. The molecule has 0 radical (unpaired) electrons. The molecule has 2 aliphatic rings. The Morgan fingerprint density at radius 1 is 1.41 bits per heavy atom. The Morgan fingerprint density at radius 3 is 2.47 bits per heavy atom. The van der Waals surface area contributed by atoms with E-state index >= 15 is 0 Å². The fraction of sp³-hybridized carbons (Fsp3) is 0.923. The third kappa shape index (κ3) is 2.99. The van der Waals surface area contributed by atoms with Crippen LogP contribution >= 0.6 is 0 Å². The van der Waals surface area contributed by atoms with E-state index in [1.807, 2.05) is 0 Å². The van der Waals surface area contributed by atoms with Gasteiger partial charge in [0.25, 0.3) is 0 Å². The highest BCUT2D eigenvalue weighted by Gasteiger charge is 2.36. The largest absolute Gasteiger partial charge is 0.481 e. The molecule has 3 atom stereocenters. The Hall–Kier alpha value is -0.610. The van der Waals surface area contributed by atoms with Gasteiger partial charge in [0, 0.05) is 24.7 Å². The van der Waals surface area contributed by atoms with Crippen LogP contribution in [-0.4, -0.2) is 47.2 Å². The van der Waals surface area contributed by atoms with Gasteiger partial charge in [0.1, 0.15) is 0 Å². The summed E-state index contributed by atoms with van der Waals surface area (Å²) in [6.45, 7) is 5.59. The van der Waals surface area contributed by atoms with E-state index in [9.17, 15) is 4.79 Å². The second-order valence-corrected chi connectivity index (χ2v) is 5.59. The van der Waals surface area contributed by atoms with Gasteiger partial charge in [0.05, 0.1) is 5.92 Å². The van der Waals surface area contributed by atoms with Crippen molar-refractivity contribution in [3.8, 4) is 0 Å². The summed E-state index contributed by atoms with van der Waals surface area (Å²) < 4.78 is 0. The first-order valence-electron chi connectivity index (χ1n) is 6.83. The topological polar surface area (TPSA) is 52.6 Å². The van der Waals surface area contributed by atoms with Crippen molar-refractivity contribution in [3.63, 3.8) is 0 Å². The van der Waals surface area contributed by atoms with Gasteiger partial charge in [-0.15, -0.1) is 0 Å². The molecule has 2 rings (SSSR count). The molecule has 0 saturated carbocycles. The molecule has 4 nitrogen and oxygen atoms in total. The number of hydrogen-bond acceptors (Lipinski definition) is 3. The Morgan fingerprint density at radius 2 is 2.00 bits per heavy atom. The van der Waals surface area contributed by atoms with Crippen molar-refractivity contribution in [2.75, 3.05) is 13.1 Å². The van der Waals surface area contributed by atoms with E-state index < -0.39 is 5.97 Å². The monoisotopic (exact) mass is 240 g/mol. The highest BCUT2D eigenvalue weighted by atomic mass is 16.4. The van der Waals surface area contributed by atoms with Crippen molar-refractivity contribution >= 4 is 5.97 Å². The summed E-state index contributed by atoms with van der Waals surface area (Å²) in [6.07, 6.45) is 4.98. The smallest absolute Gasteiger partial charge is 0.307 e. The van der Waals surface area contributed by atoms with Crippen molar-refractivity contribution in [2.24, 2.45) is 5.92 Å². The zero-order chi connectivity index (χ0) is 12.4. The highest BCUT2D eigenvalue weighted by molar-refractivity contribution is 5.69. The van der Waals surface area contributed by atoms with Crippen LogP contribution in [0.15, 0.2) is 0 Å². The van der Waals surface area contributed by atoms with Gasteiger partial charge in [0.15, 0.2) is 0 Å². The Bertz CT molecular complexity index is 271. The minimum absolute atomic E-state index is 0.262. The molecule has 0 aromatic rings. The van der Waals surface area contributed by atoms with Gasteiger partial charge in [-0.25, -0.2) is 0 Å². The second kappa shape index (κ2) is 5.36. The number of nitrogens with one attached hydrogen (secondary N) is 1. The molecular weight excluding hydrogens is 216 g/mol. The molecule has 0 aromatic carbocycles. The summed E-state index contributed by atoms with van der Waals surface area (Å²) in [5.74, 6) is -0.942. The molecule has 2 N–H and O–H groups in total. The molecule has 2 fully saturated rings. The first-order chi connectivity index (χ1) is 8.10. The summed E-state index contributed by atoms with van der Waals surface area (Å²) in [7, 11) is 0. The normalized spacial score (nSPS) is 33.9. The van der Waals surface area contributed by atoms with Crippen LogP contribution in [0.1, 0.15) is 39.5 Å². The van der Waals surface area contributed by atoms with E-state index in [0.717, 1.165) is 6.54 Å². The highest BCUT2D eigenvalue weighted by Crippen LogP contribution is 2.29. The first kappa shape index (κ1) is 12.8. The van der Waals surface area contributed by atoms with Gasteiger partial charge < -0.3 is 10.4 Å². The standard InChI is InChI=1S/C13H24N2O2/c1-3-15(8-9(2)13(16)17)12-6-10-4-5-11(7-12)14-10/h9-12,14H,3-8H2,1-2H3,(H,16,17). The lowest BCUT2D eigenvalue weighted by Crippen LogP contribution is -2.49. The fourth-order valence-electron chi connectivity index (χ4n) is 3.29. The molecule has 98 valence electrons. The van der Waals surface area contributed by atoms with Crippen LogP contribution in [0, 0.1) is 5.92 Å². The number of fused-ring (bicyclic) bond motifs is 2. The summed E-state index contributed by atoms with van der Waals surface area (Å²) in [6, 6.07) is 1.93. The lowest BCUT2D eigenvalue weighted by atomic mass is 9.97. The molecule has 2 heterocycles. The van der Waals surface area contributed by atoms with E-state index in [4.69, 9.17) is 5.11 Å². The summed E-state index contributed by atoms with van der Waals surface area (Å²) in [5.41, 5.74) is 0. The third-order valence-electron chi connectivity index (χ3n) is 4.30. The molecule has 0 aromatic heterocycles. The lowest BCUT2D eigenvalue weighted by Gasteiger charge is -2.38. The maximum atomic E-state index is 10.9. The number of nitrogens with zero attached hydrogens (tertiary/aromatic N) is 1. The molecule has 0 aliphatic carbocycles. The quantitative estimate of drug-likeness (QED) is 0.761. The maximum Gasteiger partial charge on any atom is 0.307 e. The van der Waals surface area contributed by atoms with Crippen molar-refractivity contribution < 1.29 is 9.90 Å². The SMILES string of the molecule is CCN(CC(C)C(=O)O)C1CC2CCC(C1)N2. The van der Waals surface area contributed by atoms with Crippen molar-refractivity contribution in [3.05, 3.63) is 0 Å². The molecule has 17 heavy (non-hydrogen) atoms. The average Bonchev–Trinajstić information content (AvgIpc) is 2.64. The minimum atomic E-state index is -0.680. The zero-order valence-electron chi connectivity index (χ0n) is 10.9. The van der Waals surface area contributed by atoms with Crippen LogP contribution in [-0.2, 0) is 4.79 Å². The molecule has 4 heteroatoms. The number of hydrogen-bond donors (Lipinski definition) is 2. The van der Waals surface area contributed by atoms with E-state index in [1.54, 1.807) is 6.92 Å². The molecule has 2 bridgehead atoms. The zero-order valence-corrected chi connectivity index (χ0v) is 10.9. The predicted octanol–water partition coefficient (Wildman–Crippen LogP) is 1.31. The Balaban J connectivity index is 1.91. The number of carboxylic acids is 1. The minimum Gasteiger partial charge on any atom is -0.481 e. The van der Waals surface area contributed by atoms with Gasteiger partial charge in [-0.3, -0.25) is 9.69 Å². The number of carbonyl (C=O) groups is 1. The van der Waals surface area contributed by atoms with E-state index in [-0.39, 0.29) is 5.92 Å². The second-order valence-electron chi connectivity index (χ2n) is 5.59. The summed E-state index contributed by atoms with van der Waals surface area (Å²) >= 11 is 0. The van der Waals surface area contributed by atoms with Gasteiger partial charge in [-0.05, 0) is 32.2 Å². The van der Waals surface area contributed by atoms with Crippen LogP contribution in [0.2, 0.25) is 0 Å². The van der Waals surface area contributed by atoms with Crippen molar-refractivity contribution in [2.45, 2.75) is 57.7 Å². The van der Waals surface area contributed by atoms with Gasteiger partial charge in [-0.1, -0.05) is 13.8 Å². The van der Waals surface area contributed by atoms with Gasteiger partial charge in [-0.2, -0.15) is 0 Å². The van der Waals surface area contributed by atoms with E-state index in [0.29, 0.717) is 24.7 Å². The van der Waals surface area contributed by atoms with Crippen molar-refractivity contribution in [1.82, 2.24) is 10.2 Å². The fourth-order valence-corrected chi connectivity index (χ4v) is 3.29. The van der Waals surface area contributed by atoms with Crippen molar-refractivity contribution in [1.29, 1.82) is 0 Å². The van der Waals surface area contributed by atoms with E-state index in [2.05, 4.69) is 17.1 Å². The molecule has 2 saturated heterocycles. The number of piperidine rings is 1. The number of rotatable bonds is 5. The van der Waals surface area contributed by atoms with E-state index in [1.165, 1.54) is 25.7 Å². The van der Waals surface area contributed by atoms with Crippen LogP contribution in [0.5, 0.6) is 0 Å². The average molecular weight is 240 g/mol. The maximum absolute atomic E-state index is 10.9. The van der Waals surface area contributed by atoms with Gasteiger partial charge >= 0.3 is 5.97 Å². The first-order valence-corrected chi connectivity index (χ1v) is 6.83. The van der Waals surface area contributed by atoms with Gasteiger partial charge in [0.2, 0.25) is 0 Å². The van der Waals surface area contributed by atoms with Crippen LogP contribution < -0.4 is 5.32 Å². The predicted molar refractivity (Wildman–Crippen MR) is 67.0 cm³/mol. The summed E-state index contributed by atoms with van der Waals surface area (Å²) in [5, 5.41) is 12.6. The lowest BCUT2D eigenvalue weighted by molar-refractivity contribution is -0.142. The third-order valence-corrected chi connectivity index (χ3v) is 4.30. The van der Waals surface area contributed by atoms with Crippen LogP contribution in [0.4, 0.5) is 0 Å². The molecule has 0 spiro atoms. The molecule has 3 unspecified atom stereocenters. The summed E-state index contributed by atoms with van der Waals surface area (Å²) in [4.78, 5) is 13.3. The number of aliphatic carboxylic acids is 1. The molecule has 0 amide bonds. The number of carboxylic acid groups (broad SMARTS) is 1. The van der Waals surface area contributed by atoms with Crippen LogP contribution in [0.3, 0.4) is 0 Å². The Labute approximate surface area is 103 Å². The molecular formula is C13H24N2O2. The van der Waals surface area contributed by atoms with Crippen LogP contribution in [0.25, 0.3) is 0 Å².